The topological polar surface area (TPSA) is 39.1 Å². The Balaban J connectivity index is 1.64. The summed E-state index contributed by atoms with van der Waals surface area (Å²) in [5.41, 5.74) is 0. The first-order chi connectivity index (χ1) is 7.90. The molecule has 3 heteroatoms. The molecule has 0 amide bonds. The average molecular weight is 221 g/mol. The highest BCUT2D eigenvalue weighted by molar-refractivity contribution is 4.85. The van der Waals surface area contributed by atoms with Crippen molar-refractivity contribution in [3.8, 4) is 6.07 Å². The van der Waals surface area contributed by atoms with Crippen LogP contribution in [0.4, 0.5) is 0 Å². The minimum absolute atomic E-state index is 0.712. The van der Waals surface area contributed by atoms with Gasteiger partial charge in [-0.25, -0.2) is 0 Å². The average Bonchev–Trinajstić information content (AvgIpc) is 2.84. The van der Waals surface area contributed by atoms with E-state index in [0.29, 0.717) is 6.42 Å². The Kier molecular flexibility index (Phi) is 4.62. The lowest BCUT2D eigenvalue weighted by atomic mass is 9.88. The van der Waals surface area contributed by atoms with E-state index in [1.165, 1.54) is 45.3 Å². The van der Waals surface area contributed by atoms with Crippen molar-refractivity contribution in [3.63, 3.8) is 0 Å². The van der Waals surface area contributed by atoms with Gasteiger partial charge in [-0.3, -0.25) is 0 Å². The normalized spacial score (nSPS) is 28.1. The molecule has 2 aliphatic heterocycles. The fourth-order valence-electron chi connectivity index (χ4n) is 3.07. The van der Waals surface area contributed by atoms with Crippen LogP contribution in [-0.2, 0) is 0 Å². The molecular formula is C13H23N3. The lowest BCUT2D eigenvalue weighted by molar-refractivity contribution is 0.162. The summed E-state index contributed by atoms with van der Waals surface area (Å²) >= 11 is 0. The maximum absolute atomic E-state index is 8.50. The Morgan fingerprint density at radius 3 is 2.69 bits per heavy atom. The summed E-state index contributed by atoms with van der Waals surface area (Å²) in [7, 11) is 0. The summed E-state index contributed by atoms with van der Waals surface area (Å²) < 4.78 is 0. The molecule has 2 heterocycles. The second kappa shape index (κ2) is 6.22. The number of hydrogen-bond acceptors (Lipinski definition) is 3. The molecule has 0 spiro atoms. The van der Waals surface area contributed by atoms with Crippen LogP contribution in [0, 0.1) is 17.2 Å². The first-order valence-electron chi connectivity index (χ1n) is 6.73. The van der Waals surface area contributed by atoms with E-state index in [4.69, 9.17) is 5.26 Å². The molecule has 0 aromatic heterocycles. The molecule has 1 unspecified atom stereocenters. The van der Waals surface area contributed by atoms with E-state index >= 15 is 0 Å². The van der Waals surface area contributed by atoms with Crippen molar-refractivity contribution in [2.75, 3.05) is 26.2 Å². The zero-order valence-electron chi connectivity index (χ0n) is 10.1. The quantitative estimate of drug-likeness (QED) is 0.735. The summed E-state index contributed by atoms with van der Waals surface area (Å²) in [5, 5.41) is 12.1. The van der Waals surface area contributed by atoms with Crippen molar-refractivity contribution in [1.29, 1.82) is 5.26 Å². The van der Waals surface area contributed by atoms with Crippen molar-refractivity contribution in [2.24, 2.45) is 5.92 Å². The largest absolute Gasteiger partial charge is 0.314 e. The molecule has 1 atom stereocenters. The molecule has 0 saturated carbocycles. The second-order valence-corrected chi connectivity index (χ2v) is 5.14. The molecule has 0 aliphatic carbocycles. The molecule has 0 radical (unpaired) electrons. The number of unbranched alkanes of at least 4 members (excludes halogenated alkanes) is 1. The molecule has 3 nitrogen and oxygen atoms in total. The monoisotopic (exact) mass is 221 g/mol. The van der Waals surface area contributed by atoms with Crippen LogP contribution in [0.2, 0.25) is 0 Å². The fourth-order valence-corrected chi connectivity index (χ4v) is 3.07. The van der Waals surface area contributed by atoms with Crippen LogP contribution in [0.1, 0.15) is 38.5 Å². The Bertz CT molecular complexity index is 232. The van der Waals surface area contributed by atoms with Crippen LogP contribution in [0.5, 0.6) is 0 Å². The lowest BCUT2D eigenvalue weighted by Gasteiger charge is -2.34. The Hall–Kier alpha value is -0.590. The number of piperidine rings is 1. The van der Waals surface area contributed by atoms with E-state index in [2.05, 4.69) is 16.3 Å². The van der Waals surface area contributed by atoms with Gasteiger partial charge in [-0.1, -0.05) is 0 Å². The van der Waals surface area contributed by atoms with Crippen LogP contribution < -0.4 is 5.32 Å². The first-order valence-corrected chi connectivity index (χ1v) is 6.73. The zero-order valence-corrected chi connectivity index (χ0v) is 10.1. The molecule has 0 aromatic carbocycles. The smallest absolute Gasteiger partial charge is 0.0622 e. The third-order valence-electron chi connectivity index (χ3n) is 4.06. The van der Waals surface area contributed by atoms with Gasteiger partial charge in [0.2, 0.25) is 0 Å². The van der Waals surface area contributed by atoms with Gasteiger partial charge in [-0.15, -0.1) is 0 Å². The van der Waals surface area contributed by atoms with Gasteiger partial charge in [-0.2, -0.15) is 5.26 Å². The summed E-state index contributed by atoms with van der Waals surface area (Å²) in [6.45, 7) is 4.84. The van der Waals surface area contributed by atoms with Crippen molar-refractivity contribution in [1.82, 2.24) is 10.2 Å². The van der Waals surface area contributed by atoms with Crippen LogP contribution in [0.3, 0.4) is 0 Å². The van der Waals surface area contributed by atoms with Crippen LogP contribution in [0.15, 0.2) is 0 Å². The van der Waals surface area contributed by atoms with Gasteiger partial charge in [0.15, 0.2) is 0 Å². The van der Waals surface area contributed by atoms with E-state index in [0.717, 1.165) is 24.9 Å². The van der Waals surface area contributed by atoms with E-state index in [9.17, 15) is 0 Å². The number of hydrogen-bond donors (Lipinski definition) is 1. The maximum Gasteiger partial charge on any atom is 0.0622 e. The molecular weight excluding hydrogens is 198 g/mol. The third-order valence-corrected chi connectivity index (χ3v) is 4.06. The second-order valence-electron chi connectivity index (χ2n) is 5.14. The third kappa shape index (κ3) is 3.20. The molecule has 90 valence electrons. The number of rotatable bonds is 4. The predicted octanol–water partition coefficient (Wildman–Crippen LogP) is 1.75. The summed E-state index contributed by atoms with van der Waals surface area (Å²) in [6.07, 6.45) is 7.22. The first kappa shape index (κ1) is 11.9. The molecule has 16 heavy (non-hydrogen) atoms. The molecule has 2 rings (SSSR count). The Morgan fingerprint density at radius 1 is 1.25 bits per heavy atom. The highest BCUT2D eigenvalue weighted by atomic mass is 15.1. The maximum atomic E-state index is 8.50. The molecule has 1 N–H and O–H groups in total. The van der Waals surface area contributed by atoms with Gasteiger partial charge in [0.1, 0.15) is 0 Å². The summed E-state index contributed by atoms with van der Waals surface area (Å²) in [6, 6.07) is 3.03. The van der Waals surface area contributed by atoms with Crippen molar-refractivity contribution in [2.45, 2.75) is 44.6 Å². The number of likely N-dealkylation sites (tertiary alicyclic amines) is 1. The van der Waals surface area contributed by atoms with Gasteiger partial charge in [0.05, 0.1) is 6.07 Å². The minimum Gasteiger partial charge on any atom is -0.314 e. The van der Waals surface area contributed by atoms with Crippen LogP contribution in [0.25, 0.3) is 0 Å². The Labute approximate surface area is 98.8 Å². The molecule has 2 saturated heterocycles. The van der Waals surface area contributed by atoms with Crippen molar-refractivity contribution >= 4 is 0 Å². The molecule has 0 bridgehead atoms. The highest BCUT2D eigenvalue weighted by Gasteiger charge is 2.27. The number of nitrogens with zero attached hydrogens (tertiary/aromatic N) is 2. The zero-order chi connectivity index (χ0) is 11.2. The van der Waals surface area contributed by atoms with E-state index in [1.807, 2.05) is 0 Å². The predicted molar refractivity (Wildman–Crippen MR) is 65.0 cm³/mol. The number of nitrogens with one attached hydrogen (secondary N) is 1. The molecule has 2 fully saturated rings. The van der Waals surface area contributed by atoms with Gasteiger partial charge in [0.25, 0.3) is 0 Å². The Morgan fingerprint density at radius 2 is 2.06 bits per heavy atom. The lowest BCUT2D eigenvalue weighted by Crippen LogP contribution is -2.41. The standard InChI is InChI=1S/C13H23N3/c14-7-1-2-9-16-10-5-12(6-11-16)13-4-3-8-15-13/h12-13,15H,1-6,8-11H2. The fraction of sp³-hybridized carbons (Fsp3) is 0.923. The molecule has 0 aromatic rings. The van der Waals surface area contributed by atoms with Gasteiger partial charge < -0.3 is 10.2 Å². The van der Waals surface area contributed by atoms with E-state index in [-0.39, 0.29) is 0 Å². The van der Waals surface area contributed by atoms with Crippen molar-refractivity contribution < 1.29 is 0 Å². The molecule has 2 aliphatic rings. The van der Waals surface area contributed by atoms with Gasteiger partial charge >= 0.3 is 0 Å². The van der Waals surface area contributed by atoms with Crippen LogP contribution >= 0.6 is 0 Å². The SMILES string of the molecule is N#CCCCN1CCC(C2CCCN2)CC1. The minimum atomic E-state index is 0.712. The van der Waals surface area contributed by atoms with E-state index < -0.39 is 0 Å². The van der Waals surface area contributed by atoms with Gasteiger partial charge in [0, 0.05) is 12.5 Å². The van der Waals surface area contributed by atoms with Crippen molar-refractivity contribution in [3.05, 3.63) is 0 Å². The van der Waals surface area contributed by atoms with Gasteiger partial charge in [-0.05, 0) is 64.2 Å². The summed E-state index contributed by atoms with van der Waals surface area (Å²) in [4.78, 5) is 2.53. The van der Waals surface area contributed by atoms with E-state index in [1.54, 1.807) is 0 Å². The summed E-state index contributed by atoms with van der Waals surface area (Å²) in [5.74, 6) is 0.912. The number of nitriles is 1. The van der Waals surface area contributed by atoms with Crippen LogP contribution in [-0.4, -0.2) is 37.1 Å². The highest BCUT2D eigenvalue weighted by Crippen LogP contribution is 2.25.